The molecule has 0 saturated carbocycles. The maximum absolute atomic E-state index is 13.7. The minimum absolute atomic E-state index is 0.140. The number of nitrogens with one attached hydrogen (secondary N) is 2. The van der Waals surface area contributed by atoms with Crippen molar-refractivity contribution in [1.82, 2.24) is 5.32 Å². The van der Waals surface area contributed by atoms with E-state index in [0.717, 1.165) is 4.47 Å². The average Bonchev–Trinajstić information content (AvgIpc) is 2.57. The van der Waals surface area contributed by atoms with Crippen molar-refractivity contribution < 1.29 is 18.7 Å². The Morgan fingerprint density at radius 1 is 1.32 bits per heavy atom. The first-order valence-corrected chi connectivity index (χ1v) is 8.72. The molecule has 0 radical (unpaired) electrons. The van der Waals surface area contributed by atoms with Crippen molar-refractivity contribution in [2.45, 2.75) is 13.0 Å². The van der Waals surface area contributed by atoms with E-state index in [4.69, 9.17) is 21.1 Å². The molecule has 0 unspecified atom stereocenters. The van der Waals surface area contributed by atoms with Crippen LogP contribution in [0.4, 0.5) is 14.9 Å². The fourth-order valence-electron chi connectivity index (χ4n) is 2.51. The fraction of sp³-hybridized carbons (Fsp3) is 0.235. The topological polar surface area (TPSA) is 59.6 Å². The van der Waals surface area contributed by atoms with Gasteiger partial charge in [0.15, 0.2) is 6.79 Å². The quantitative estimate of drug-likeness (QED) is 0.754. The highest BCUT2D eigenvalue weighted by Crippen LogP contribution is 2.29. The van der Waals surface area contributed by atoms with Gasteiger partial charge in [-0.05, 0) is 42.3 Å². The largest absolute Gasteiger partial charge is 0.467 e. The third-order valence-electron chi connectivity index (χ3n) is 3.61. The maximum Gasteiger partial charge on any atom is 0.319 e. The van der Waals surface area contributed by atoms with Gasteiger partial charge in [-0.1, -0.05) is 27.5 Å². The second-order valence-corrected chi connectivity index (χ2v) is 6.74. The Kier molecular flexibility index (Phi) is 5.78. The second kappa shape index (κ2) is 8.03. The number of amides is 2. The lowest BCUT2D eigenvalue weighted by molar-refractivity contribution is -0.0172. The van der Waals surface area contributed by atoms with Gasteiger partial charge in [-0.3, -0.25) is 0 Å². The minimum atomic E-state index is -0.390. The highest BCUT2D eigenvalue weighted by molar-refractivity contribution is 9.10. The lowest BCUT2D eigenvalue weighted by Gasteiger charge is -2.21. The first-order chi connectivity index (χ1) is 12.0. The minimum Gasteiger partial charge on any atom is -0.467 e. The Morgan fingerprint density at radius 2 is 2.16 bits per heavy atom. The Morgan fingerprint density at radius 3 is 2.96 bits per heavy atom. The molecule has 5 nitrogen and oxygen atoms in total. The number of hydrogen-bond donors (Lipinski definition) is 2. The van der Waals surface area contributed by atoms with E-state index in [1.165, 1.54) is 12.1 Å². The molecule has 2 N–H and O–H groups in total. The van der Waals surface area contributed by atoms with Crippen molar-refractivity contribution >= 4 is 39.2 Å². The maximum atomic E-state index is 13.7. The zero-order valence-corrected chi connectivity index (χ0v) is 15.4. The zero-order valence-electron chi connectivity index (χ0n) is 13.1. The summed E-state index contributed by atoms with van der Waals surface area (Å²) < 4.78 is 25.1. The molecule has 1 heterocycles. The van der Waals surface area contributed by atoms with Gasteiger partial charge >= 0.3 is 6.03 Å². The summed E-state index contributed by atoms with van der Waals surface area (Å²) in [5.74, 6) is 0.278. The third-order valence-corrected chi connectivity index (χ3v) is 4.42. The van der Waals surface area contributed by atoms with Crippen LogP contribution in [0.25, 0.3) is 0 Å². The Labute approximate surface area is 157 Å². The molecule has 0 aromatic heterocycles. The number of carbonyl (C=O) groups is 1. The zero-order chi connectivity index (χ0) is 17.8. The molecule has 3 rings (SSSR count). The van der Waals surface area contributed by atoms with E-state index < -0.39 is 6.03 Å². The van der Waals surface area contributed by atoms with E-state index in [1.807, 2.05) is 0 Å². The van der Waals surface area contributed by atoms with Crippen molar-refractivity contribution in [2.24, 2.45) is 0 Å². The van der Waals surface area contributed by atoms with Crippen LogP contribution in [0.2, 0.25) is 5.02 Å². The number of ether oxygens (including phenoxy) is 2. The predicted molar refractivity (Wildman–Crippen MR) is 96.6 cm³/mol. The summed E-state index contributed by atoms with van der Waals surface area (Å²) in [6.07, 6.45) is 0.432. The number of urea groups is 1. The van der Waals surface area contributed by atoms with Crippen LogP contribution < -0.4 is 15.4 Å². The summed E-state index contributed by atoms with van der Waals surface area (Å²) in [6.45, 7) is 0.776. The molecule has 0 fully saturated rings. The highest BCUT2D eigenvalue weighted by Gasteiger charge is 2.17. The Bertz CT molecular complexity index is 804. The van der Waals surface area contributed by atoms with Crippen LogP contribution in [0.3, 0.4) is 0 Å². The summed E-state index contributed by atoms with van der Waals surface area (Å²) in [5.41, 5.74) is 1.87. The number of rotatable bonds is 4. The van der Waals surface area contributed by atoms with Crippen LogP contribution in [0.1, 0.15) is 11.1 Å². The smallest absolute Gasteiger partial charge is 0.319 e. The average molecular weight is 430 g/mol. The summed E-state index contributed by atoms with van der Waals surface area (Å²) in [6, 6.07) is 7.58. The molecular weight excluding hydrogens is 415 g/mol. The number of benzene rings is 2. The van der Waals surface area contributed by atoms with Crippen LogP contribution in [-0.4, -0.2) is 19.4 Å². The molecular formula is C17H15BrClFN2O3. The van der Waals surface area contributed by atoms with Crippen LogP contribution in [-0.2, 0) is 17.8 Å². The van der Waals surface area contributed by atoms with Crippen molar-refractivity contribution in [2.75, 3.05) is 18.7 Å². The van der Waals surface area contributed by atoms with Gasteiger partial charge in [-0.15, -0.1) is 0 Å². The highest BCUT2D eigenvalue weighted by atomic mass is 79.9. The van der Waals surface area contributed by atoms with Crippen molar-refractivity contribution in [3.63, 3.8) is 0 Å². The van der Waals surface area contributed by atoms with E-state index >= 15 is 0 Å². The van der Waals surface area contributed by atoms with E-state index in [2.05, 4.69) is 26.6 Å². The van der Waals surface area contributed by atoms with Gasteiger partial charge in [-0.25, -0.2) is 9.18 Å². The van der Waals surface area contributed by atoms with Gasteiger partial charge in [0, 0.05) is 16.6 Å². The van der Waals surface area contributed by atoms with Crippen LogP contribution in [0.15, 0.2) is 34.8 Å². The van der Waals surface area contributed by atoms with Crippen LogP contribution >= 0.6 is 27.5 Å². The first kappa shape index (κ1) is 18.0. The number of anilines is 1. The number of fused-ring (bicyclic) bond motifs is 1. The molecule has 0 spiro atoms. The summed E-state index contributed by atoms with van der Waals surface area (Å²) >= 11 is 9.36. The summed E-state index contributed by atoms with van der Waals surface area (Å²) in [4.78, 5) is 12.0. The monoisotopic (exact) mass is 428 g/mol. The first-order valence-electron chi connectivity index (χ1n) is 7.54. The van der Waals surface area contributed by atoms with E-state index in [1.54, 1.807) is 18.2 Å². The van der Waals surface area contributed by atoms with Crippen molar-refractivity contribution in [3.05, 3.63) is 56.8 Å². The van der Waals surface area contributed by atoms with Gasteiger partial charge in [0.05, 0.1) is 17.3 Å². The molecule has 2 aromatic carbocycles. The molecule has 8 heteroatoms. The standard InChI is InChI=1S/C17H15BrClFN2O3/c18-12-1-2-15(14(19)7-12)22-17(23)21-4-3-10-5-13(20)6-11-8-24-9-25-16(10)11/h1-2,5-7H,3-4,8-9H2,(H2,21,22,23). The number of carbonyl (C=O) groups excluding carboxylic acids is 1. The van der Waals surface area contributed by atoms with E-state index in [9.17, 15) is 9.18 Å². The Balaban J connectivity index is 1.58. The van der Waals surface area contributed by atoms with Crippen molar-refractivity contribution in [3.8, 4) is 5.75 Å². The fourth-order valence-corrected chi connectivity index (χ4v) is 3.23. The molecule has 132 valence electrons. The lowest BCUT2D eigenvalue weighted by Crippen LogP contribution is -2.30. The molecule has 1 aliphatic heterocycles. The van der Waals surface area contributed by atoms with E-state index in [-0.39, 0.29) is 12.6 Å². The molecule has 0 aliphatic carbocycles. The van der Waals surface area contributed by atoms with E-state index in [0.29, 0.717) is 47.2 Å². The Hall–Kier alpha value is -1.83. The van der Waals surface area contributed by atoms with Crippen LogP contribution in [0.5, 0.6) is 5.75 Å². The van der Waals surface area contributed by atoms with Gasteiger partial charge in [0.1, 0.15) is 11.6 Å². The van der Waals surface area contributed by atoms with Gasteiger partial charge in [0.25, 0.3) is 0 Å². The lowest BCUT2D eigenvalue weighted by atomic mass is 10.1. The number of halogens is 3. The second-order valence-electron chi connectivity index (χ2n) is 5.42. The third kappa shape index (κ3) is 4.62. The normalized spacial score (nSPS) is 12.9. The van der Waals surface area contributed by atoms with Gasteiger partial charge in [0.2, 0.25) is 0 Å². The van der Waals surface area contributed by atoms with Gasteiger partial charge < -0.3 is 20.1 Å². The summed E-state index contributed by atoms with van der Waals surface area (Å²) in [5, 5.41) is 5.82. The molecule has 0 atom stereocenters. The SMILES string of the molecule is O=C(NCCc1cc(F)cc2c1OCOC2)Nc1ccc(Br)cc1Cl. The number of hydrogen-bond acceptors (Lipinski definition) is 3. The molecule has 2 aromatic rings. The van der Waals surface area contributed by atoms with Crippen LogP contribution in [0, 0.1) is 5.82 Å². The van der Waals surface area contributed by atoms with Gasteiger partial charge in [-0.2, -0.15) is 0 Å². The molecule has 0 saturated heterocycles. The molecule has 2 amide bonds. The summed E-state index contributed by atoms with van der Waals surface area (Å²) in [7, 11) is 0. The molecule has 25 heavy (non-hydrogen) atoms. The molecule has 0 bridgehead atoms. The molecule has 1 aliphatic rings. The predicted octanol–water partition coefficient (Wildman–Crippen LogP) is 4.47. The van der Waals surface area contributed by atoms with Crippen molar-refractivity contribution in [1.29, 1.82) is 0 Å².